The summed E-state index contributed by atoms with van der Waals surface area (Å²) in [5.41, 5.74) is 0.883. The molecule has 0 heterocycles. The largest absolute Gasteiger partial charge is 0.390 e. The molecule has 1 aromatic rings. The van der Waals surface area contributed by atoms with Gasteiger partial charge in [0.2, 0.25) is 0 Å². The number of halogens is 2. The first-order chi connectivity index (χ1) is 6.74. The summed E-state index contributed by atoms with van der Waals surface area (Å²) >= 11 is 11.5. The zero-order valence-corrected chi connectivity index (χ0v) is 8.72. The SMILES string of the molecule is C#CC=NOCc1ccc(Cl)c(Cl)c1. The number of nitrogens with zero attached hydrogens (tertiary/aromatic N) is 1. The van der Waals surface area contributed by atoms with Gasteiger partial charge in [0.25, 0.3) is 0 Å². The van der Waals surface area contributed by atoms with E-state index >= 15 is 0 Å². The minimum Gasteiger partial charge on any atom is -0.390 e. The summed E-state index contributed by atoms with van der Waals surface area (Å²) in [6, 6.07) is 5.22. The van der Waals surface area contributed by atoms with Crippen LogP contribution in [0.2, 0.25) is 10.0 Å². The lowest BCUT2D eigenvalue weighted by molar-refractivity contribution is 0.132. The van der Waals surface area contributed by atoms with Crippen LogP contribution in [0.25, 0.3) is 0 Å². The van der Waals surface area contributed by atoms with Crippen LogP contribution in [-0.2, 0) is 11.4 Å². The summed E-state index contributed by atoms with van der Waals surface area (Å²) in [5, 5.41) is 4.51. The van der Waals surface area contributed by atoms with Gasteiger partial charge in [-0.05, 0) is 17.7 Å². The van der Waals surface area contributed by atoms with Crippen molar-refractivity contribution >= 4 is 29.4 Å². The molecule has 2 nitrogen and oxygen atoms in total. The van der Waals surface area contributed by atoms with Crippen molar-refractivity contribution in [1.29, 1.82) is 0 Å². The van der Waals surface area contributed by atoms with Gasteiger partial charge in [-0.25, -0.2) is 0 Å². The first-order valence-electron chi connectivity index (χ1n) is 3.78. The highest BCUT2D eigenvalue weighted by Gasteiger charge is 1.98. The van der Waals surface area contributed by atoms with Gasteiger partial charge in [0.05, 0.1) is 10.0 Å². The quantitative estimate of drug-likeness (QED) is 0.442. The van der Waals surface area contributed by atoms with Crippen LogP contribution in [-0.4, -0.2) is 6.21 Å². The first kappa shape index (κ1) is 10.9. The highest BCUT2D eigenvalue weighted by Crippen LogP contribution is 2.22. The van der Waals surface area contributed by atoms with E-state index in [1.807, 2.05) is 0 Å². The van der Waals surface area contributed by atoms with Gasteiger partial charge < -0.3 is 4.84 Å². The molecule has 1 aromatic carbocycles. The summed E-state index contributed by atoms with van der Waals surface area (Å²) in [5.74, 6) is 2.21. The number of hydrogen-bond acceptors (Lipinski definition) is 2. The summed E-state index contributed by atoms with van der Waals surface area (Å²) in [6.07, 6.45) is 6.17. The van der Waals surface area contributed by atoms with Crippen molar-refractivity contribution in [2.24, 2.45) is 5.16 Å². The van der Waals surface area contributed by atoms with Crippen molar-refractivity contribution in [2.75, 3.05) is 0 Å². The van der Waals surface area contributed by atoms with Crippen LogP contribution >= 0.6 is 23.2 Å². The molecule has 0 unspecified atom stereocenters. The topological polar surface area (TPSA) is 21.6 Å². The van der Waals surface area contributed by atoms with Crippen LogP contribution < -0.4 is 0 Å². The van der Waals surface area contributed by atoms with Gasteiger partial charge in [0.1, 0.15) is 12.8 Å². The molecule has 0 amide bonds. The summed E-state index contributed by atoms with van der Waals surface area (Å²) in [6.45, 7) is 0.315. The molecular formula is C10H7Cl2NO. The molecule has 72 valence electrons. The third-order valence-electron chi connectivity index (χ3n) is 1.42. The lowest BCUT2D eigenvalue weighted by Crippen LogP contribution is -1.87. The molecule has 0 N–H and O–H groups in total. The van der Waals surface area contributed by atoms with Gasteiger partial charge in [-0.2, -0.15) is 0 Å². The van der Waals surface area contributed by atoms with Gasteiger partial charge in [-0.1, -0.05) is 40.3 Å². The molecule has 0 aliphatic carbocycles. The molecule has 0 atom stereocenters. The lowest BCUT2D eigenvalue weighted by atomic mass is 10.2. The molecule has 1 rings (SSSR count). The van der Waals surface area contributed by atoms with Crippen LogP contribution in [0.4, 0.5) is 0 Å². The van der Waals surface area contributed by atoms with E-state index in [1.165, 1.54) is 6.21 Å². The Kier molecular flexibility index (Phi) is 4.31. The van der Waals surface area contributed by atoms with Crippen molar-refractivity contribution in [1.82, 2.24) is 0 Å². The Labute approximate surface area is 92.5 Å². The van der Waals surface area contributed by atoms with Gasteiger partial charge in [0.15, 0.2) is 0 Å². The second kappa shape index (κ2) is 5.54. The van der Waals surface area contributed by atoms with Crippen molar-refractivity contribution in [3.8, 4) is 12.3 Å². The van der Waals surface area contributed by atoms with Crippen molar-refractivity contribution in [2.45, 2.75) is 6.61 Å². The molecule has 0 aliphatic rings. The Morgan fingerprint density at radius 1 is 1.43 bits per heavy atom. The van der Waals surface area contributed by atoms with Gasteiger partial charge in [-0.3, -0.25) is 0 Å². The molecular weight excluding hydrogens is 221 g/mol. The normalized spacial score (nSPS) is 10.1. The smallest absolute Gasteiger partial charge is 0.142 e. The number of oxime groups is 1. The molecule has 0 radical (unpaired) electrons. The van der Waals surface area contributed by atoms with E-state index < -0.39 is 0 Å². The highest BCUT2D eigenvalue weighted by molar-refractivity contribution is 6.42. The minimum absolute atomic E-state index is 0.315. The van der Waals surface area contributed by atoms with Crippen LogP contribution in [0.15, 0.2) is 23.4 Å². The van der Waals surface area contributed by atoms with Crippen LogP contribution in [0.1, 0.15) is 5.56 Å². The Morgan fingerprint density at radius 3 is 2.86 bits per heavy atom. The van der Waals surface area contributed by atoms with Crippen molar-refractivity contribution < 1.29 is 4.84 Å². The molecule has 14 heavy (non-hydrogen) atoms. The average molecular weight is 228 g/mol. The zero-order chi connectivity index (χ0) is 10.4. The Balaban J connectivity index is 2.56. The third kappa shape index (κ3) is 3.29. The van der Waals surface area contributed by atoms with Gasteiger partial charge in [0, 0.05) is 0 Å². The van der Waals surface area contributed by atoms with E-state index in [0.29, 0.717) is 16.7 Å². The fourth-order valence-corrected chi connectivity index (χ4v) is 1.13. The fourth-order valence-electron chi connectivity index (χ4n) is 0.809. The molecule has 0 aliphatic heterocycles. The summed E-state index contributed by atoms with van der Waals surface area (Å²) in [4.78, 5) is 4.88. The number of rotatable bonds is 3. The van der Waals surface area contributed by atoms with Crippen molar-refractivity contribution in [3.63, 3.8) is 0 Å². The number of hydrogen-bond donors (Lipinski definition) is 0. The molecule has 0 fully saturated rings. The predicted molar refractivity (Wildman–Crippen MR) is 58.6 cm³/mol. The minimum atomic E-state index is 0.315. The molecule has 0 aromatic heterocycles. The summed E-state index contributed by atoms with van der Waals surface area (Å²) in [7, 11) is 0. The van der Waals surface area contributed by atoms with Crippen LogP contribution in [0.5, 0.6) is 0 Å². The second-order valence-electron chi connectivity index (χ2n) is 2.42. The zero-order valence-electron chi connectivity index (χ0n) is 7.21. The molecule has 0 saturated heterocycles. The highest BCUT2D eigenvalue weighted by atomic mass is 35.5. The van der Waals surface area contributed by atoms with Gasteiger partial charge in [-0.15, -0.1) is 6.42 Å². The lowest BCUT2D eigenvalue weighted by Gasteiger charge is -2.00. The molecule has 0 saturated carbocycles. The Morgan fingerprint density at radius 2 is 2.21 bits per heavy atom. The van der Waals surface area contributed by atoms with Crippen LogP contribution in [0.3, 0.4) is 0 Å². The monoisotopic (exact) mass is 227 g/mol. The van der Waals surface area contributed by atoms with E-state index in [9.17, 15) is 0 Å². The van der Waals surface area contributed by atoms with E-state index in [1.54, 1.807) is 18.2 Å². The fraction of sp³-hybridized carbons (Fsp3) is 0.100. The first-order valence-corrected chi connectivity index (χ1v) is 4.53. The maximum Gasteiger partial charge on any atom is 0.142 e. The standard InChI is InChI=1S/C10H7Cl2NO/c1-2-5-13-14-7-8-3-4-9(11)10(12)6-8/h1,3-6H,7H2. The van der Waals surface area contributed by atoms with E-state index in [0.717, 1.165) is 5.56 Å². The Hall–Kier alpha value is -1.17. The molecule has 4 heteroatoms. The third-order valence-corrected chi connectivity index (χ3v) is 2.16. The average Bonchev–Trinajstić information content (AvgIpc) is 2.18. The predicted octanol–water partition coefficient (Wildman–Crippen LogP) is 3.13. The van der Waals surface area contributed by atoms with Crippen molar-refractivity contribution in [3.05, 3.63) is 33.8 Å². The maximum absolute atomic E-state index is 5.80. The van der Waals surface area contributed by atoms with E-state index in [4.69, 9.17) is 34.5 Å². The number of benzene rings is 1. The van der Waals surface area contributed by atoms with E-state index in [2.05, 4.69) is 11.1 Å². The van der Waals surface area contributed by atoms with Gasteiger partial charge >= 0.3 is 0 Å². The van der Waals surface area contributed by atoms with E-state index in [-0.39, 0.29) is 0 Å². The second-order valence-corrected chi connectivity index (χ2v) is 3.24. The number of terminal acetylenes is 1. The molecule has 0 spiro atoms. The molecule has 0 bridgehead atoms. The van der Waals surface area contributed by atoms with Crippen LogP contribution in [0, 0.1) is 12.3 Å². The summed E-state index contributed by atoms with van der Waals surface area (Å²) < 4.78 is 0. The Bertz CT molecular complexity index is 382. The maximum atomic E-state index is 5.80.